The predicted octanol–water partition coefficient (Wildman–Crippen LogP) is 4.95. The summed E-state index contributed by atoms with van der Waals surface area (Å²) in [6.07, 6.45) is 2.15. The number of rotatable bonds is 5. The number of aromatic nitrogens is 1. The fourth-order valence-electron chi connectivity index (χ4n) is 3.12. The van der Waals surface area contributed by atoms with Crippen LogP contribution >= 0.6 is 23.1 Å². The minimum absolute atomic E-state index is 0.203. The first kappa shape index (κ1) is 18.7. The summed E-state index contributed by atoms with van der Waals surface area (Å²) in [6, 6.07) is 14.8. The lowest BCUT2D eigenvalue weighted by molar-refractivity contribution is 0.0962. The fourth-order valence-corrected chi connectivity index (χ4v) is 4.26. The van der Waals surface area contributed by atoms with Crippen LogP contribution in [0.4, 0.5) is 5.69 Å². The van der Waals surface area contributed by atoms with Gasteiger partial charge in [-0.25, -0.2) is 0 Å². The van der Waals surface area contributed by atoms with E-state index in [0.717, 1.165) is 29.7 Å². The second-order valence-electron chi connectivity index (χ2n) is 6.64. The number of halogens is 1. The molecule has 0 spiro atoms. The van der Waals surface area contributed by atoms with Crippen LogP contribution in [0, 0.1) is 0 Å². The molecule has 2 aromatic carbocycles. The van der Waals surface area contributed by atoms with E-state index < -0.39 is 0 Å². The highest BCUT2D eigenvalue weighted by molar-refractivity contribution is 7.08. The molecule has 1 fully saturated rings. The molecule has 1 aliphatic rings. The zero-order valence-corrected chi connectivity index (χ0v) is 16.7. The monoisotopic (exact) mass is 411 g/mol. The SMILES string of the molecule is CNC(=O)c1ccc(NC(=O)c2snc(-c3ccccc3)c2C2CC2)cc1Cl. The second-order valence-corrected chi connectivity index (χ2v) is 7.82. The van der Waals surface area contributed by atoms with Crippen LogP contribution in [-0.2, 0) is 0 Å². The molecule has 2 N–H and O–H groups in total. The van der Waals surface area contributed by atoms with Gasteiger partial charge in [0.15, 0.2) is 0 Å². The van der Waals surface area contributed by atoms with Crippen molar-refractivity contribution in [3.63, 3.8) is 0 Å². The molecule has 1 aliphatic carbocycles. The molecule has 4 rings (SSSR count). The summed E-state index contributed by atoms with van der Waals surface area (Å²) in [5.74, 6) is -0.0897. The number of anilines is 1. The molecule has 0 atom stereocenters. The Labute approximate surface area is 171 Å². The van der Waals surface area contributed by atoms with Crippen molar-refractivity contribution in [3.8, 4) is 11.3 Å². The number of nitrogens with one attached hydrogen (secondary N) is 2. The van der Waals surface area contributed by atoms with Crippen molar-refractivity contribution in [1.29, 1.82) is 0 Å². The van der Waals surface area contributed by atoms with Crippen molar-refractivity contribution < 1.29 is 9.59 Å². The summed E-state index contributed by atoms with van der Waals surface area (Å²) in [4.78, 5) is 25.3. The summed E-state index contributed by atoms with van der Waals surface area (Å²) in [7, 11) is 1.54. The Morgan fingerprint density at radius 3 is 2.50 bits per heavy atom. The fraction of sp³-hybridized carbons (Fsp3) is 0.190. The zero-order chi connectivity index (χ0) is 19.7. The van der Waals surface area contributed by atoms with Crippen LogP contribution in [-0.4, -0.2) is 23.2 Å². The van der Waals surface area contributed by atoms with E-state index in [1.54, 1.807) is 25.2 Å². The third-order valence-electron chi connectivity index (χ3n) is 4.67. The lowest BCUT2D eigenvalue weighted by Crippen LogP contribution is -2.18. The van der Waals surface area contributed by atoms with Gasteiger partial charge in [-0.05, 0) is 48.5 Å². The lowest BCUT2D eigenvalue weighted by atomic mass is 10.0. The van der Waals surface area contributed by atoms with Gasteiger partial charge in [0.1, 0.15) is 4.88 Å². The number of amides is 2. The van der Waals surface area contributed by atoms with E-state index in [1.807, 2.05) is 30.3 Å². The maximum Gasteiger partial charge on any atom is 0.267 e. The summed E-state index contributed by atoms with van der Waals surface area (Å²) in [5, 5.41) is 5.71. The van der Waals surface area contributed by atoms with Gasteiger partial charge in [0.05, 0.1) is 16.3 Å². The molecule has 7 heteroatoms. The molecule has 142 valence electrons. The van der Waals surface area contributed by atoms with Crippen LogP contribution in [0.2, 0.25) is 5.02 Å². The van der Waals surface area contributed by atoms with E-state index in [9.17, 15) is 9.59 Å². The smallest absolute Gasteiger partial charge is 0.267 e. The van der Waals surface area contributed by atoms with Gasteiger partial charge in [0, 0.05) is 23.9 Å². The quantitative estimate of drug-likeness (QED) is 0.623. The predicted molar refractivity (Wildman–Crippen MR) is 112 cm³/mol. The van der Waals surface area contributed by atoms with Gasteiger partial charge >= 0.3 is 0 Å². The average Bonchev–Trinajstić information content (AvgIpc) is 3.45. The van der Waals surface area contributed by atoms with E-state index in [1.165, 1.54) is 11.5 Å². The van der Waals surface area contributed by atoms with Gasteiger partial charge < -0.3 is 10.6 Å². The number of hydrogen-bond donors (Lipinski definition) is 2. The number of nitrogens with zero attached hydrogens (tertiary/aromatic N) is 1. The molecule has 0 bridgehead atoms. The highest BCUT2D eigenvalue weighted by Gasteiger charge is 2.33. The van der Waals surface area contributed by atoms with Gasteiger partial charge in [-0.3, -0.25) is 9.59 Å². The Balaban J connectivity index is 1.62. The molecule has 1 heterocycles. The Morgan fingerprint density at radius 2 is 1.86 bits per heavy atom. The summed E-state index contributed by atoms with van der Waals surface area (Å²) in [5.41, 5.74) is 3.86. The van der Waals surface area contributed by atoms with Gasteiger partial charge in [0.25, 0.3) is 11.8 Å². The van der Waals surface area contributed by atoms with Crippen LogP contribution in [0.1, 0.15) is 44.4 Å². The van der Waals surface area contributed by atoms with E-state index in [2.05, 4.69) is 15.0 Å². The molecular formula is C21H18ClN3O2S. The average molecular weight is 412 g/mol. The molecule has 1 saturated carbocycles. The largest absolute Gasteiger partial charge is 0.355 e. The first-order valence-corrected chi connectivity index (χ1v) is 10.1. The van der Waals surface area contributed by atoms with Crippen molar-refractivity contribution in [2.75, 3.05) is 12.4 Å². The standard InChI is InChI=1S/C21H18ClN3O2S/c1-23-20(26)15-10-9-14(11-16(15)22)24-21(27)19-17(12-7-8-12)18(25-28-19)13-5-3-2-4-6-13/h2-6,9-12H,7-8H2,1H3,(H,23,26)(H,24,27). The van der Waals surface area contributed by atoms with Crippen molar-refractivity contribution in [1.82, 2.24) is 9.69 Å². The number of hydrogen-bond acceptors (Lipinski definition) is 4. The molecule has 1 aromatic heterocycles. The van der Waals surface area contributed by atoms with Crippen molar-refractivity contribution in [2.45, 2.75) is 18.8 Å². The van der Waals surface area contributed by atoms with E-state index >= 15 is 0 Å². The van der Waals surface area contributed by atoms with Crippen LogP contribution < -0.4 is 10.6 Å². The highest BCUT2D eigenvalue weighted by atomic mass is 35.5. The topological polar surface area (TPSA) is 71.1 Å². The van der Waals surface area contributed by atoms with Crippen molar-refractivity contribution >= 4 is 40.6 Å². The first-order chi connectivity index (χ1) is 13.6. The molecule has 0 saturated heterocycles. The van der Waals surface area contributed by atoms with Crippen molar-refractivity contribution in [2.24, 2.45) is 0 Å². The second kappa shape index (κ2) is 7.73. The first-order valence-electron chi connectivity index (χ1n) is 8.96. The van der Waals surface area contributed by atoms with Gasteiger partial charge in [-0.1, -0.05) is 41.9 Å². The van der Waals surface area contributed by atoms with E-state index in [4.69, 9.17) is 11.6 Å². The van der Waals surface area contributed by atoms with Crippen LogP contribution in [0.5, 0.6) is 0 Å². The molecule has 0 aliphatic heterocycles. The summed E-state index contributed by atoms with van der Waals surface area (Å²) >= 11 is 7.41. The molecule has 3 aromatic rings. The lowest BCUT2D eigenvalue weighted by Gasteiger charge is -2.09. The normalized spacial score (nSPS) is 13.2. The molecule has 0 unspecified atom stereocenters. The van der Waals surface area contributed by atoms with Gasteiger partial charge in [-0.2, -0.15) is 4.37 Å². The summed E-state index contributed by atoms with van der Waals surface area (Å²) < 4.78 is 4.58. The minimum Gasteiger partial charge on any atom is -0.355 e. The molecule has 28 heavy (non-hydrogen) atoms. The maximum atomic E-state index is 12.9. The van der Waals surface area contributed by atoms with Gasteiger partial charge in [0.2, 0.25) is 0 Å². The van der Waals surface area contributed by atoms with Crippen molar-refractivity contribution in [3.05, 3.63) is 69.6 Å². The third kappa shape index (κ3) is 3.66. The van der Waals surface area contributed by atoms with Crippen LogP contribution in [0.25, 0.3) is 11.3 Å². The molecule has 5 nitrogen and oxygen atoms in total. The molecular weight excluding hydrogens is 394 g/mol. The van der Waals surface area contributed by atoms with Crippen LogP contribution in [0.3, 0.4) is 0 Å². The molecule has 0 radical (unpaired) electrons. The van der Waals surface area contributed by atoms with Crippen LogP contribution in [0.15, 0.2) is 48.5 Å². The Bertz CT molecular complexity index is 1050. The Kier molecular flexibility index (Phi) is 5.15. The summed E-state index contributed by atoms with van der Waals surface area (Å²) in [6.45, 7) is 0. The zero-order valence-electron chi connectivity index (χ0n) is 15.2. The number of carbonyl (C=O) groups excluding carboxylic acids is 2. The minimum atomic E-state index is -0.270. The number of carbonyl (C=O) groups is 2. The number of benzene rings is 2. The Hall–Kier alpha value is -2.70. The Morgan fingerprint density at radius 1 is 1.11 bits per heavy atom. The third-order valence-corrected chi connectivity index (χ3v) is 5.84. The maximum absolute atomic E-state index is 12.9. The van der Waals surface area contributed by atoms with E-state index in [0.29, 0.717) is 22.0 Å². The van der Waals surface area contributed by atoms with Gasteiger partial charge in [-0.15, -0.1) is 0 Å². The van der Waals surface area contributed by atoms with E-state index in [-0.39, 0.29) is 16.8 Å². The highest BCUT2D eigenvalue weighted by Crippen LogP contribution is 2.47. The molecule has 2 amide bonds.